The van der Waals surface area contributed by atoms with Crippen molar-refractivity contribution >= 4 is 23.2 Å². The van der Waals surface area contributed by atoms with Gasteiger partial charge in [0.05, 0.1) is 0 Å². The van der Waals surface area contributed by atoms with Gasteiger partial charge in [-0.15, -0.1) is 0 Å². The molecule has 3 N–H and O–H groups in total. The van der Waals surface area contributed by atoms with Crippen LogP contribution < -0.4 is 20.7 Å². The number of piperazine rings is 1. The fourth-order valence-electron chi connectivity index (χ4n) is 3.20. The van der Waals surface area contributed by atoms with E-state index in [-0.39, 0.29) is 12.5 Å². The van der Waals surface area contributed by atoms with Crippen LogP contribution in [0.5, 0.6) is 5.75 Å². The summed E-state index contributed by atoms with van der Waals surface area (Å²) in [5, 5.41) is 10.3. The number of nitrogens with one attached hydrogen (secondary N) is 3. The van der Waals surface area contributed by atoms with Crippen molar-refractivity contribution in [3.63, 3.8) is 0 Å². The Balaban J connectivity index is 1.47. The minimum atomic E-state index is -0.193. The first-order chi connectivity index (χ1) is 14.1. The molecule has 6 nitrogen and oxygen atoms in total. The van der Waals surface area contributed by atoms with E-state index in [2.05, 4.69) is 20.9 Å². The number of rotatable bonds is 9. The third-order valence-corrected chi connectivity index (χ3v) is 5.08. The Morgan fingerprint density at radius 1 is 1.17 bits per heavy atom. The molecule has 1 saturated heterocycles. The molecule has 0 aromatic heterocycles. The average Bonchev–Trinajstić information content (AvgIpc) is 2.73. The smallest absolute Gasteiger partial charge is 0.262 e. The molecule has 1 amide bonds. The summed E-state index contributed by atoms with van der Waals surface area (Å²) in [6, 6.07) is 13.1. The second-order valence-electron chi connectivity index (χ2n) is 7.22. The van der Waals surface area contributed by atoms with Gasteiger partial charge < -0.3 is 20.7 Å². The fraction of sp³-hybridized carbons (Fsp3) is 0.409. The van der Waals surface area contributed by atoms with Crippen molar-refractivity contribution in [3.05, 3.63) is 58.6 Å². The number of nitrogens with zero attached hydrogens (tertiary/aromatic N) is 1. The molecular weight excluding hydrogens is 388 g/mol. The largest absolute Gasteiger partial charge is 0.483 e. The van der Waals surface area contributed by atoms with Crippen LogP contribution in [0.4, 0.5) is 5.69 Å². The second kappa shape index (κ2) is 11.2. The fourth-order valence-corrected chi connectivity index (χ4v) is 3.39. The Morgan fingerprint density at radius 3 is 2.69 bits per heavy atom. The summed E-state index contributed by atoms with van der Waals surface area (Å²) in [6.45, 7) is 8.77. The van der Waals surface area contributed by atoms with Gasteiger partial charge in [-0.2, -0.15) is 0 Å². The molecule has 2 aromatic carbocycles. The molecule has 0 radical (unpaired) electrons. The summed E-state index contributed by atoms with van der Waals surface area (Å²) in [4.78, 5) is 14.6. The zero-order valence-corrected chi connectivity index (χ0v) is 17.6. The predicted molar refractivity (Wildman–Crippen MR) is 118 cm³/mol. The Hall–Kier alpha value is -2.12. The van der Waals surface area contributed by atoms with Gasteiger partial charge in [-0.3, -0.25) is 9.69 Å². The van der Waals surface area contributed by atoms with Crippen LogP contribution in [0.15, 0.2) is 42.5 Å². The number of anilines is 1. The Bertz CT molecular complexity index is 792. The molecule has 0 aliphatic carbocycles. The average molecular weight is 417 g/mol. The Kier molecular flexibility index (Phi) is 8.31. The topological polar surface area (TPSA) is 65.6 Å². The number of carbonyl (C=O) groups excluding carboxylic acids is 1. The van der Waals surface area contributed by atoms with Crippen molar-refractivity contribution in [1.29, 1.82) is 0 Å². The molecule has 3 rings (SSSR count). The van der Waals surface area contributed by atoms with Gasteiger partial charge in [0, 0.05) is 62.1 Å². The van der Waals surface area contributed by atoms with Gasteiger partial charge in [0.2, 0.25) is 0 Å². The second-order valence-corrected chi connectivity index (χ2v) is 7.66. The van der Waals surface area contributed by atoms with E-state index in [1.807, 2.05) is 43.3 Å². The third-order valence-electron chi connectivity index (χ3n) is 4.85. The van der Waals surface area contributed by atoms with Crippen molar-refractivity contribution in [2.75, 3.05) is 51.2 Å². The van der Waals surface area contributed by atoms with E-state index in [9.17, 15) is 4.79 Å². The maximum absolute atomic E-state index is 12.2. The van der Waals surface area contributed by atoms with Gasteiger partial charge in [-0.25, -0.2) is 0 Å². The van der Waals surface area contributed by atoms with E-state index in [1.54, 1.807) is 6.07 Å². The first-order valence-electron chi connectivity index (χ1n) is 10.0. The number of halogens is 1. The Morgan fingerprint density at radius 2 is 1.93 bits per heavy atom. The lowest BCUT2D eigenvalue weighted by Gasteiger charge is -2.27. The molecule has 2 aromatic rings. The molecule has 0 spiro atoms. The number of hydrogen-bond acceptors (Lipinski definition) is 5. The zero-order valence-electron chi connectivity index (χ0n) is 16.8. The molecule has 1 aliphatic rings. The molecule has 7 heteroatoms. The van der Waals surface area contributed by atoms with Crippen LogP contribution in [-0.4, -0.2) is 56.7 Å². The molecular formula is C22H29ClN4O2. The molecule has 156 valence electrons. The van der Waals surface area contributed by atoms with Crippen LogP contribution in [-0.2, 0) is 11.3 Å². The van der Waals surface area contributed by atoms with Crippen molar-refractivity contribution in [1.82, 2.24) is 15.5 Å². The molecule has 1 heterocycles. The van der Waals surface area contributed by atoms with Crippen LogP contribution >= 0.6 is 11.6 Å². The van der Waals surface area contributed by atoms with Crippen molar-refractivity contribution in [3.8, 4) is 5.75 Å². The molecule has 1 fully saturated rings. The van der Waals surface area contributed by atoms with Gasteiger partial charge in [0.15, 0.2) is 6.61 Å². The minimum absolute atomic E-state index is 0.0523. The predicted octanol–water partition coefficient (Wildman–Crippen LogP) is 2.66. The minimum Gasteiger partial charge on any atom is -0.483 e. The monoisotopic (exact) mass is 416 g/mol. The first kappa shape index (κ1) is 21.6. The van der Waals surface area contributed by atoms with Crippen molar-refractivity contribution in [2.24, 2.45) is 0 Å². The van der Waals surface area contributed by atoms with Crippen LogP contribution in [0.3, 0.4) is 0 Å². The van der Waals surface area contributed by atoms with E-state index >= 15 is 0 Å². The lowest BCUT2D eigenvalue weighted by molar-refractivity contribution is -0.118. The summed E-state index contributed by atoms with van der Waals surface area (Å²) in [7, 11) is 0. The van der Waals surface area contributed by atoms with E-state index in [4.69, 9.17) is 16.3 Å². The lowest BCUT2D eigenvalue weighted by atomic mass is 10.2. The quantitative estimate of drug-likeness (QED) is 0.548. The highest BCUT2D eigenvalue weighted by molar-refractivity contribution is 6.30. The van der Waals surface area contributed by atoms with E-state index in [1.165, 1.54) is 0 Å². The van der Waals surface area contributed by atoms with E-state index in [0.717, 1.165) is 56.1 Å². The lowest BCUT2D eigenvalue weighted by Crippen LogP contribution is -2.45. The highest BCUT2D eigenvalue weighted by atomic mass is 35.5. The molecule has 0 atom stereocenters. The van der Waals surface area contributed by atoms with Crippen LogP contribution in [0.2, 0.25) is 5.02 Å². The van der Waals surface area contributed by atoms with Crippen LogP contribution in [0.1, 0.15) is 11.1 Å². The van der Waals surface area contributed by atoms with Gasteiger partial charge in [0.1, 0.15) is 5.75 Å². The van der Waals surface area contributed by atoms with Gasteiger partial charge in [-0.1, -0.05) is 29.3 Å². The zero-order chi connectivity index (χ0) is 20.5. The number of amides is 1. The molecule has 1 aliphatic heterocycles. The maximum Gasteiger partial charge on any atom is 0.262 e. The number of aryl methyl sites for hydroxylation is 1. The number of benzene rings is 2. The van der Waals surface area contributed by atoms with E-state index < -0.39 is 0 Å². The molecule has 29 heavy (non-hydrogen) atoms. The third kappa shape index (κ3) is 7.33. The number of hydrogen-bond donors (Lipinski definition) is 3. The van der Waals surface area contributed by atoms with Gasteiger partial charge in [0.25, 0.3) is 5.91 Å². The molecule has 0 unspecified atom stereocenters. The summed E-state index contributed by atoms with van der Waals surface area (Å²) >= 11 is 6.16. The summed E-state index contributed by atoms with van der Waals surface area (Å²) < 4.78 is 5.77. The normalized spacial score (nSPS) is 14.6. The first-order valence-corrected chi connectivity index (χ1v) is 10.4. The van der Waals surface area contributed by atoms with Crippen LogP contribution in [0.25, 0.3) is 0 Å². The molecule has 0 bridgehead atoms. The summed E-state index contributed by atoms with van der Waals surface area (Å²) in [6.07, 6.45) is 0. The van der Waals surface area contributed by atoms with Gasteiger partial charge >= 0.3 is 0 Å². The molecule has 0 saturated carbocycles. The highest BCUT2D eigenvalue weighted by Gasteiger charge is 2.10. The SMILES string of the molecule is Cc1ccc(NC(=O)COc2ccc(Cl)cc2CNCCN2CCNCC2)cc1. The number of ether oxygens (including phenoxy) is 1. The van der Waals surface area contributed by atoms with Gasteiger partial charge in [-0.05, 0) is 37.3 Å². The van der Waals surface area contributed by atoms with E-state index in [0.29, 0.717) is 17.3 Å². The Labute approximate surface area is 177 Å². The standard InChI is InChI=1S/C22H29ClN4O2/c1-17-2-5-20(6-3-17)26-22(28)16-29-21-7-4-19(23)14-18(21)15-25-10-13-27-11-8-24-9-12-27/h2-7,14,24-25H,8-13,15-16H2,1H3,(H,26,28). The summed E-state index contributed by atoms with van der Waals surface area (Å²) in [5.41, 5.74) is 2.85. The maximum atomic E-state index is 12.2. The summed E-state index contributed by atoms with van der Waals surface area (Å²) in [5.74, 6) is 0.476. The van der Waals surface area contributed by atoms with Crippen molar-refractivity contribution < 1.29 is 9.53 Å². The number of carbonyl (C=O) groups is 1. The van der Waals surface area contributed by atoms with Crippen molar-refractivity contribution in [2.45, 2.75) is 13.5 Å². The van der Waals surface area contributed by atoms with Crippen LogP contribution in [0, 0.1) is 6.92 Å². The highest BCUT2D eigenvalue weighted by Crippen LogP contribution is 2.23.